The van der Waals surface area contributed by atoms with Crippen LogP contribution >= 0.6 is 0 Å². The zero-order valence-corrected chi connectivity index (χ0v) is 9.18. The molecule has 1 aromatic rings. The summed E-state index contributed by atoms with van der Waals surface area (Å²) in [6, 6.07) is 7.37. The molecule has 1 amide bonds. The number of carboxylic acids is 1. The van der Waals surface area contributed by atoms with E-state index in [1.54, 1.807) is 0 Å². The third-order valence-corrected chi connectivity index (χ3v) is 2.65. The number of carboxylic acid groups (broad SMARTS) is 1. The molecule has 5 nitrogen and oxygen atoms in total. The van der Waals surface area contributed by atoms with Gasteiger partial charge in [-0.25, -0.2) is 0 Å². The summed E-state index contributed by atoms with van der Waals surface area (Å²) in [7, 11) is 0. The maximum Gasteiger partial charge on any atom is 0.305 e. The van der Waals surface area contributed by atoms with Gasteiger partial charge in [-0.1, -0.05) is 18.2 Å². The van der Waals surface area contributed by atoms with Gasteiger partial charge in [0.2, 0.25) is 5.91 Å². The van der Waals surface area contributed by atoms with E-state index in [1.807, 2.05) is 24.3 Å². The van der Waals surface area contributed by atoms with Crippen molar-refractivity contribution in [2.75, 3.05) is 13.2 Å². The first kappa shape index (κ1) is 11.4. The van der Waals surface area contributed by atoms with Gasteiger partial charge in [0.05, 0.1) is 6.42 Å². The molecule has 17 heavy (non-hydrogen) atoms. The highest BCUT2D eigenvalue weighted by Gasteiger charge is 2.29. The van der Waals surface area contributed by atoms with Crippen molar-refractivity contribution in [1.82, 2.24) is 5.32 Å². The molecule has 0 fully saturated rings. The number of benzene rings is 1. The van der Waals surface area contributed by atoms with Crippen LogP contribution in [-0.4, -0.2) is 30.1 Å². The van der Waals surface area contributed by atoms with Crippen LogP contribution in [0.2, 0.25) is 0 Å². The van der Waals surface area contributed by atoms with Crippen LogP contribution < -0.4 is 10.1 Å². The number of para-hydroxylation sites is 1. The number of ether oxygens (including phenoxy) is 1. The van der Waals surface area contributed by atoms with Crippen LogP contribution in [0, 0.1) is 0 Å². The average molecular weight is 235 g/mol. The molecule has 0 radical (unpaired) electrons. The molecular weight excluding hydrogens is 222 g/mol. The monoisotopic (exact) mass is 235 g/mol. The molecule has 2 N–H and O–H groups in total. The van der Waals surface area contributed by atoms with E-state index in [2.05, 4.69) is 5.32 Å². The fourth-order valence-electron chi connectivity index (χ4n) is 1.80. The predicted molar refractivity (Wildman–Crippen MR) is 59.9 cm³/mol. The lowest BCUT2D eigenvalue weighted by Gasteiger charge is -2.08. The van der Waals surface area contributed by atoms with Gasteiger partial charge in [-0.3, -0.25) is 9.59 Å². The fourth-order valence-corrected chi connectivity index (χ4v) is 1.80. The van der Waals surface area contributed by atoms with Crippen molar-refractivity contribution in [3.05, 3.63) is 29.8 Å². The minimum absolute atomic E-state index is 0.0685. The second-order valence-corrected chi connectivity index (χ2v) is 3.84. The molecule has 0 bridgehead atoms. The van der Waals surface area contributed by atoms with Crippen molar-refractivity contribution in [3.63, 3.8) is 0 Å². The lowest BCUT2D eigenvalue weighted by molar-refractivity contribution is -0.136. The van der Waals surface area contributed by atoms with Gasteiger partial charge in [0.25, 0.3) is 0 Å². The average Bonchev–Trinajstić information content (AvgIpc) is 2.72. The largest absolute Gasteiger partial charge is 0.492 e. The molecule has 1 heterocycles. The number of carbonyl (C=O) groups excluding carboxylic acids is 1. The van der Waals surface area contributed by atoms with Crippen LogP contribution in [0.15, 0.2) is 24.3 Å². The quantitative estimate of drug-likeness (QED) is 0.807. The molecular formula is C12H13NO4. The number of rotatable bonds is 4. The highest BCUT2D eigenvalue weighted by atomic mass is 16.5. The Morgan fingerprint density at radius 1 is 1.41 bits per heavy atom. The second kappa shape index (κ2) is 4.86. The molecule has 1 aliphatic rings. The van der Waals surface area contributed by atoms with Crippen LogP contribution in [0.3, 0.4) is 0 Å². The molecule has 0 spiro atoms. The van der Waals surface area contributed by atoms with E-state index < -0.39 is 5.97 Å². The van der Waals surface area contributed by atoms with E-state index in [1.165, 1.54) is 0 Å². The molecule has 1 atom stereocenters. The van der Waals surface area contributed by atoms with Crippen molar-refractivity contribution < 1.29 is 19.4 Å². The summed E-state index contributed by atoms with van der Waals surface area (Å²) in [5.41, 5.74) is 0.861. The maximum absolute atomic E-state index is 11.8. The Balaban J connectivity index is 1.96. The second-order valence-electron chi connectivity index (χ2n) is 3.84. The van der Waals surface area contributed by atoms with E-state index >= 15 is 0 Å². The molecule has 90 valence electrons. The minimum atomic E-state index is -0.923. The summed E-state index contributed by atoms with van der Waals surface area (Å²) in [5.74, 6) is -0.713. The molecule has 1 unspecified atom stereocenters. The SMILES string of the molecule is O=C(O)CCNC(=O)C1COc2ccccc21. The first-order chi connectivity index (χ1) is 8.18. The first-order valence-corrected chi connectivity index (χ1v) is 5.39. The molecule has 1 aliphatic heterocycles. The Morgan fingerprint density at radius 3 is 2.94 bits per heavy atom. The zero-order valence-electron chi connectivity index (χ0n) is 9.18. The molecule has 0 saturated carbocycles. The first-order valence-electron chi connectivity index (χ1n) is 5.39. The molecule has 1 aromatic carbocycles. The Hall–Kier alpha value is -2.04. The third-order valence-electron chi connectivity index (χ3n) is 2.65. The van der Waals surface area contributed by atoms with Crippen LogP contribution in [0.25, 0.3) is 0 Å². The molecule has 2 rings (SSSR count). The fraction of sp³-hybridized carbons (Fsp3) is 0.333. The van der Waals surface area contributed by atoms with Crippen LogP contribution in [-0.2, 0) is 9.59 Å². The van der Waals surface area contributed by atoms with Gasteiger partial charge in [0.1, 0.15) is 18.3 Å². The highest BCUT2D eigenvalue weighted by molar-refractivity contribution is 5.85. The van der Waals surface area contributed by atoms with Gasteiger partial charge in [-0.2, -0.15) is 0 Å². The maximum atomic E-state index is 11.8. The van der Waals surface area contributed by atoms with Crippen molar-refractivity contribution in [3.8, 4) is 5.75 Å². The van der Waals surface area contributed by atoms with Gasteiger partial charge in [0.15, 0.2) is 0 Å². The van der Waals surface area contributed by atoms with Crippen LogP contribution in [0.1, 0.15) is 17.9 Å². The number of carbonyl (C=O) groups is 2. The summed E-state index contributed by atoms with van der Waals surface area (Å²) in [6.07, 6.45) is -0.0685. The van der Waals surface area contributed by atoms with E-state index in [4.69, 9.17) is 9.84 Å². The van der Waals surface area contributed by atoms with Crippen LogP contribution in [0.4, 0.5) is 0 Å². The van der Waals surface area contributed by atoms with Gasteiger partial charge < -0.3 is 15.2 Å². The van der Waals surface area contributed by atoms with Crippen molar-refractivity contribution >= 4 is 11.9 Å². The zero-order chi connectivity index (χ0) is 12.3. The summed E-state index contributed by atoms with van der Waals surface area (Å²) in [4.78, 5) is 22.1. The third kappa shape index (κ3) is 2.55. The summed E-state index contributed by atoms with van der Waals surface area (Å²) >= 11 is 0. The highest BCUT2D eigenvalue weighted by Crippen LogP contribution is 2.33. The predicted octanol–water partition coefficient (Wildman–Crippen LogP) is 0.753. The lowest BCUT2D eigenvalue weighted by Crippen LogP contribution is -2.31. The van der Waals surface area contributed by atoms with E-state index in [0.29, 0.717) is 6.61 Å². The number of hydrogen-bond acceptors (Lipinski definition) is 3. The van der Waals surface area contributed by atoms with E-state index in [0.717, 1.165) is 11.3 Å². The van der Waals surface area contributed by atoms with E-state index in [-0.39, 0.29) is 24.8 Å². The van der Waals surface area contributed by atoms with Crippen LogP contribution in [0.5, 0.6) is 5.75 Å². The Morgan fingerprint density at radius 2 is 2.18 bits per heavy atom. The smallest absolute Gasteiger partial charge is 0.305 e. The van der Waals surface area contributed by atoms with Gasteiger partial charge in [0, 0.05) is 12.1 Å². The Bertz CT molecular complexity index is 444. The topological polar surface area (TPSA) is 75.6 Å². The normalized spacial score (nSPS) is 17.1. The molecule has 5 heteroatoms. The van der Waals surface area contributed by atoms with Crippen molar-refractivity contribution in [1.29, 1.82) is 0 Å². The number of aliphatic carboxylic acids is 1. The van der Waals surface area contributed by atoms with Gasteiger partial charge >= 0.3 is 5.97 Å². The minimum Gasteiger partial charge on any atom is -0.492 e. The number of amides is 1. The molecule has 0 aliphatic carbocycles. The molecule has 0 aromatic heterocycles. The summed E-state index contributed by atoms with van der Waals surface area (Å²) in [5, 5.41) is 11.1. The van der Waals surface area contributed by atoms with E-state index in [9.17, 15) is 9.59 Å². The molecule has 0 saturated heterocycles. The van der Waals surface area contributed by atoms with Gasteiger partial charge in [-0.15, -0.1) is 0 Å². The Labute approximate surface area is 98.4 Å². The van der Waals surface area contributed by atoms with Gasteiger partial charge in [-0.05, 0) is 6.07 Å². The number of hydrogen-bond donors (Lipinski definition) is 2. The standard InChI is InChI=1S/C12H13NO4/c14-11(15)5-6-13-12(16)9-7-17-10-4-2-1-3-8(9)10/h1-4,9H,5-7H2,(H,13,16)(H,14,15). The Kier molecular flexibility index (Phi) is 3.27. The summed E-state index contributed by atoms with van der Waals surface area (Å²) in [6.45, 7) is 0.463. The van der Waals surface area contributed by atoms with Crippen molar-refractivity contribution in [2.45, 2.75) is 12.3 Å². The summed E-state index contributed by atoms with van der Waals surface area (Å²) < 4.78 is 5.38. The number of fused-ring (bicyclic) bond motifs is 1. The lowest BCUT2D eigenvalue weighted by atomic mass is 10.0. The number of nitrogens with one attached hydrogen (secondary N) is 1. The van der Waals surface area contributed by atoms with Crippen molar-refractivity contribution in [2.24, 2.45) is 0 Å².